The van der Waals surface area contributed by atoms with Gasteiger partial charge in [-0.15, -0.1) is 0 Å². The Morgan fingerprint density at radius 3 is 2.77 bits per heavy atom. The first-order valence-electron chi connectivity index (χ1n) is 10.5. The van der Waals surface area contributed by atoms with Crippen molar-refractivity contribution >= 4 is 55.8 Å². The second-order valence-corrected chi connectivity index (χ2v) is 8.97. The maximum Gasteiger partial charge on any atom is 0.324 e. The predicted molar refractivity (Wildman–Crippen MR) is 124 cm³/mol. The fourth-order valence-corrected chi connectivity index (χ4v) is 4.80. The zero-order chi connectivity index (χ0) is 21.4. The number of benzene rings is 1. The first kappa shape index (κ1) is 19.9. The van der Waals surface area contributed by atoms with Gasteiger partial charge in [0.1, 0.15) is 5.82 Å². The average molecular weight is 437 g/mol. The smallest absolute Gasteiger partial charge is 0.324 e. The highest BCUT2D eigenvalue weighted by atomic mass is 32.1. The van der Waals surface area contributed by atoms with E-state index in [0.29, 0.717) is 18.2 Å². The van der Waals surface area contributed by atoms with Gasteiger partial charge in [0, 0.05) is 31.5 Å². The Morgan fingerprint density at radius 1 is 1.16 bits per heavy atom. The van der Waals surface area contributed by atoms with Gasteiger partial charge in [0.05, 0.1) is 16.3 Å². The minimum Gasteiger partial charge on any atom is -0.393 e. The number of fused-ring (bicyclic) bond motifs is 1. The number of amides is 2. The first-order chi connectivity index (χ1) is 15.0. The summed E-state index contributed by atoms with van der Waals surface area (Å²) in [5.74, 6) is 1.35. The normalized spacial score (nSPS) is 19.4. The van der Waals surface area contributed by atoms with Gasteiger partial charge in [0.25, 0.3) is 0 Å². The van der Waals surface area contributed by atoms with Gasteiger partial charge < -0.3 is 15.3 Å². The van der Waals surface area contributed by atoms with Crippen LogP contribution >= 0.6 is 11.3 Å². The second kappa shape index (κ2) is 8.24. The molecule has 1 aromatic carbocycles. The third kappa shape index (κ3) is 4.24. The summed E-state index contributed by atoms with van der Waals surface area (Å²) in [6.07, 6.45) is 2.96. The first-order valence-corrected chi connectivity index (χ1v) is 11.3. The molecule has 2 N–H and O–H groups in total. The number of urea groups is 1. The van der Waals surface area contributed by atoms with Gasteiger partial charge >= 0.3 is 6.03 Å². The summed E-state index contributed by atoms with van der Waals surface area (Å²) in [4.78, 5) is 29.7. The number of carbonyl (C=O) groups excluding carboxylic acids is 1. The van der Waals surface area contributed by atoms with Gasteiger partial charge in [-0.1, -0.05) is 17.4 Å². The molecule has 2 aliphatic rings. The molecule has 1 aliphatic heterocycles. The van der Waals surface area contributed by atoms with E-state index >= 15 is 0 Å². The van der Waals surface area contributed by atoms with E-state index in [-0.39, 0.29) is 12.1 Å². The maximum absolute atomic E-state index is 12.3. The molecule has 9 heteroatoms. The highest BCUT2D eigenvalue weighted by Gasteiger charge is 2.26. The van der Waals surface area contributed by atoms with E-state index in [2.05, 4.69) is 20.3 Å². The monoisotopic (exact) mass is 436 g/mol. The summed E-state index contributed by atoms with van der Waals surface area (Å²) in [7, 11) is 1.82. The number of pyridine rings is 1. The van der Waals surface area contributed by atoms with Crippen LogP contribution in [0.1, 0.15) is 25.7 Å². The molecular weight excluding hydrogens is 412 g/mol. The van der Waals surface area contributed by atoms with Crippen LogP contribution in [0.2, 0.25) is 0 Å². The Morgan fingerprint density at radius 2 is 2.00 bits per heavy atom. The Labute approximate surface area is 184 Å². The van der Waals surface area contributed by atoms with E-state index in [1.807, 2.05) is 43.4 Å². The number of anilines is 3. The zero-order valence-electron chi connectivity index (χ0n) is 17.3. The Bertz CT molecular complexity index is 1150. The lowest BCUT2D eigenvalue weighted by molar-refractivity contribution is 0.152. The lowest BCUT2D eigenvalue weighted by Gasteiger charge is -2.17. The molecule has 3 heterocycles. The summed E-state index contributed by atoms with van der Waals surface area (Å²) in [5, 5.41) is 13.7. The number of thiazole rings is 1. The summed E-state index contributed by atoms with van der Waals surface area (Å²) in [6.45, 7) is 1.43. The quantitative estimate of drug-likeness (QED) is 0.635. The second-order valence-electron chi connectivity index (χ2n) is 7.94. The number of carbonyl (C=O) groups is 1. The largest absolute Gasteiger partial charge is 0.393 e. The van der Waals surface area contributed by atoms with Crippen LogP contribution in [0.5, 0.6) is 0 Å². The molecule has 0 unspecified atom stereocenters. The maximum atomic E-state index is 12.3. The van der Waals surface area contributed by atoms with Crippen LogP contribution < -0.4 is 10.2 Å². The molecule has 2 fully saturated rings. The molecule has 5 rings (SSSR count). The standard InChI is InChI=1S/C22H24N6O2S/c1-27-11-12-28(22(27)30)15-7-10-17-18(13-15)31-21(24-17)26-20-4-2-3-19(25-20)23-14-5-8-16(29)9-6-14/h2-4,7,10,13,16,29H,5-6,8-9,11-12H2,1H3,(H,24,25,26). The number of aliphatic hydroxyl groups is 1. The molecule has 160 valence electrons. The van der Waals surface area contributed by atoms with Crippen LogP contribution in [0, 0.1) is 0 Å². The molecule has 2 amide bonds. The number of aliphatic hydroxyl groups excluding tert-OH is 1. The third-order valence-corrected chi connectivity index (χ3v) is 6.61. The molecule has 31 heavy (non-hydrogen) atoms. The molecule has 0 bridgehead atoms. The van der Waals surface area contributed by atoms with Crippen molar-refractivity contribution in [2.45, 2.75) is 31.8 Å². The van der Waals surface area contributed by atoms with Crippen molar-refractivity contribution in [2.75, 3.05) is 30.4 Å². The molecule has 0 radical (unpaired) electrons. The topological polar surface area (TPSA) is 93.9 Å². The van der Waals surface area contributed by atoms with Gasteiger partial charge in [-0.2, -0.15) is 0 Å². The molecule has 0 spiro atoms. The van der Waals surface area contributed by atoms with Crippen molar-refractivity contribution in [2.24, 2.45) is 4.99 Å². The average Bonchev–Trinajstić information content (AvgIpc) is 3.32. The van der Waals surface area contributed by atoms with Crippen LogP contribution in [0.15, 0.2) is 41.4 Å². The van der Waals surface area contributed by atoms with Crippen molar-refractivity contribution in [3.63, 3.8) is 0 Å². The number of aliphatic imine (C=N–C) groups is 1. The molecule has 1 aliphatic carbocycles. The van der Waals surface area contributed by atoms with Gasteiger partial charge in [-0.05, 0) is 56.0 Å². The minimum absolute atomic E-state index is 0.0253. The molecule has 3 aromatic rings. The van der Waals surface area contributed by atoms with E-state index in [1.165, 1.54) is 11.3 Å². The predicted octanol–water partition coefficient (Wildman–Crippen LogP) is 4.31. The minimum atomic E-state index is -0.205. The zero-order valence-corrected chi connectivity index (χ0v) is 18.1. The fraction of sp³-hybridized carbons (Fsp3) is 0.364. The van der Waals surface area contributed by atoms with Crippen molar-refractivity contribution in [3.8, 4) is 0 Å². The summed E-state index contributed by atoms with van der Waals surface area (Å²) >= 11 is 1.53. The lowest BCUT2D eigenvalue weighted by atomic mass is 9.96. The van der Waals surface area contributed by atoms with Crippen molar-refractivity contribution < 1.29 is 9.90 Å². The number of hydrogen-bond acceptors (Lipinski definition) is 7. The molecule has 1 saturated heterocycles. The van der Waals surface area contributed by atoms with Crippen LogP contribution in [-0.4, -0.2) is 58.0 Å². The highest BCUT2D eigenvalue weighted by molar-refractivity contribution is 7.22. The fourth-order valence-electron chi connectivity index (χ4n) is 3.90. The van der Waals surface area contributed by atoms with Gasteiger partial charge in [-0.3, -0.25) is 4.90 Å². The van der Waals surface area contributed by atoms with Crippen LogP contribution in [0.25, 0.3) is 10.2 Å². The van der Waals surface area contributed by atoms with Gasteiger partial charge in [-0.25, -0.2) is 19.8 Å². The van der Waals surface area contributed by atoms with E-state index < -0.39 is 0 Å². The van der Waals surface area contributed by atoms with Gasteiger partial charge in [0.2, 0.25) is 0 Å². The van der Waals surface area contributed by atoms with E-state index in [0.717, 1.165) is 59.0 Å². The van der Waals surface area contributed by atoms with E-state index in [1.54, 1.807) is 9.80 Å². The number of aromatic nitrogens is 2. The SMILES string of the molecule is CN1CCN(c2ccc3nc(Nc4cccc(N=C5CCC(O)CC5)n4)sc3c2)C1=O. The number of hydrogen-bond donors (Lipinski definition) is 2. The van der Waals surface area contributed by atoms with Crippen molar-refractivity contribution in [3.05, 3.63) is 36.4 Å². The summed E-state index contributed by atoms with van der Waals surface area (Å²) < 4.78 is 1.01. The highest BCUT2D eigenvalue weighted by Crippen LogP contribution is 2.32. The Balaban J connectivity index is 1.34. The lowest BCUT2D eigenvalue weighted by Crippen LogP contribution is -2.29. The molecule has 1 saturated carbocycles. The van der Waals surface area contributed by atoms with E-state index in [9.17, 15) is 9.90 Å². The Hall–Kier alpha value is -3.04. The van der Waals surface area contributed by atoms with Crippen LogP contribution in [-0.2, 0) is 0 Å². The van der Waals surface area contributed by atoms with Crippen LogP contribution in [0.4, 0.5) is 27.2 Å². The van der Waals surface area contributed by atoms with Crippen molar-refractivity contribution in [1.29, 1.82) is 0 Å². The number of nitrogens with zero attached hydrogens (tertiary/aromatic N) is 5. The number of likely N-dealkylation sites (N-methyl/N-ethyl adjacent to an activating group) is 1. The Kier molecular flexibility index (Phi) is 5.29. The van der Waals surface area contributed by atoms with Crippen LogP contribution in [0.3, 0.4) is 0 Å². The van der Waals surface area contributed by atoms with Crippen molar-refractivity contribution in [1.82, 2.24) is 14.9 Å². The van der Waals surface area contributed by atoms with E-state index in [4.69, 9.17) is 0 Å². The summed E-state index contributed by atoms with van der Waals surface area (Å²) in [6, 6.07) is 11.6. The number of nitrogens with one attached hydrogen (secondary N) is 1. The number of rotatable bonds is 4. The molecular formula is C22H24N6O2S. The molecule has 8 nitrogen and oxygen atoms in total. The molecule has 0 atom stereocenters. The third-order valence-electron chi connectivity index (χ3n) is 5.67. The molecule has 2 aromatic heterocycles. The van der Waals surface area contributed by atoms with Gasteiger partial charge in [0.15, 0.2) is 10.9 Å². The summed E-state index contributed by atoms with van der Waals surface area (Å²) in [5.41, 5.74) is 2.86.